The predicted octanol–water partition coefficient (Wildman–Crippen LogP) is -0.0788. The van der Waals surface area contributed by atoms with Gasteiger partial charge >= 0.3 is 5.92 Å². The van der Waals surface area contributed by atoms with Crippen LogP contribution < -0.4 is 10.6 Å². The first-order valence-corrected chi connectivity index (χ1v) is 3.65. The third-order valence-corrected chi connectivity index (χ3v) is 1.48. The number of halogens is 2. The van der Waals surface area contributed by atoms with E-state index >= 15 is 0 Å². The second-order valence-electron chi connectivity index (χ2n) is 2.79. The first-order chi connectivity index (χ1) is 5.97. The molecule has 1 aromatic heterocycles. The van der Waals surface area contributed by atoms with Gasteiger partial charge in [0.15, 0.2) is 5.82 Å². The van der Waals surface area contributed by atoms with Crippen LogP contribution in [0.4, 0.5) is 14.7 Å². The summed E-state index contributed by atoms with van der Waals surface area (Å²) in [4.78, 5) is 5.10. The summed E-state index contributed by atoms with van der Waals surface area (Å²) in [5, 5.41) is 5.73. The minimum absolute atomic E-state index is 0.211. The van der Waals surface area contributed by atoms with Gasteiger partial charge in [-0.3, -0.25) is 5.10 Å². The number of anilines is 1. The van der Waals surface area contributed by atoms with Crippen LogP contribution in [0.5, 0.6) is 0 Å². The van der Waals surface area contributed by atoms with Crippen molar-refractivity contribution in [2.24, 2.45) is 5.73 Å². The molecule has 0 unspecified atom stereocenters. The van der Waals surface area contributed by atoms with Gasteiger partial charge in [0.25, 0.3) is 0 Å². The molecular weight excluding hydrogens is 180 g/mol. The first kappa shape index (κ1) is 9.85. The van der Waals surface area contributed by atoms with E-state index in [9.17, 15) is 8.78 Å². The summed E-state index contributed by atoms with van der Waals surface area (Å²) >= 11 is 0. The lowest BCUT2D eigenvalue weighted by Gasteiger charge is -2.09. The van der Waals surface area contributed by atoms with Crippen LogP contribution in [-0.4, -0.2) is 35.8 Å². The zero-order valence-corrected chi connectivity index (χ0v) is 7.38. The average Bonchev–Trinajstić information content (AvgIpc) is 2.52. The molecule has 0 fully saturated rings. The number of aromatic amines is 1. The fourth-order valence-corrected chi connectivity index (χ4v) is 0.713. The Labute approximate surface area is 73.9 Å². The molecule has 0 amide bonds. The lowest BCUT2D eigenvalue weighted by molar-refractivity contribution is -0.00311. The van der Waals surface area contributed by atoms with E-state index in [4.69, 9.17) is 5.73 Å². The van der Waals surface area contributed by atoms with Crippen molar-refractivity contribution in [1.29, 1.82) is 0 Å². The predicted molar refractivity (Wildman–Crippen MR) is 43.7 cm³/mol. The minimum atomic E-state index is -3.14. The van der Waals surface area contributed by atoms with Gasteiger partial charge in [0.05, 0.1) is 6.54 Å². The van der Waals surface area contributed by atoms with Gasteiger partial charge in [0.1, 0.15) is 0 Å². The maximum absolute atomic E-state index is 12.9. The van der Waals surface area contributed by atoms with Crippen molar-refractivity contribution in [2.45, 2.75) is 5.92 Å². The summed E-state index contributed by atoms with van der Waals surface area (Å²) in [5.41, 5.74) is 4.87. The molecule has 0 aromatic carbocycles. The maximum atomic E-state index is 12.9. The van der Waals surface area contributed by atoms with Gasteiger partial charge in [0.2, 0.25) is 5.95 Å². The SMILES string of the molecule is CN(C)c1n[nH]c(C(F)(F)CN)n1. The Hall–Kier alpha value is -1.24. The zero-order valence-electron chi connectivity index (χ0n) is 7.38. The van der Waals surface area contributed by atoms with Crippen molar-refractivity contribution in [3.63, 3.8) is 0 Å². The molecule has 13 heavy (non-hydrogen) atoms. The molecule has 0 spiro atoms. The highest BCUT2D eigenvalue weighted by Gasteiger charge is 2.34. The lowest BCUT2D eigenvalue weighted by Crippen LogP contribution is -2.26. The smallest absolute Gasteiger partial charge is 0.318 e. The summed E-state index contributed by atoms with van der Waals surface area (Å²) in [6.45, 7) is -0.783. The first-order valence-electron chi connectivity index (χ1n) is 3.65. The summed E-state index contributed by atoms with van der Waals surface area (Å²) in [7, 11) is 3.32. The maximum Gasteiger partial charge on any atom is 0.318 e. The highest BCUT2D eigenvalue weighted by Crippen LogP contribution is 2.23. The van der Waals surface area contributed by atoms with E-state index < -0.39 is 18.3 Å². The number of nitrogens with zero attached hydrogens (tertiary/aromatic N) is 3. The van der Waals surface area contributed by atoms with Crippen LogP contribution in [-0.2, 0) is 5.92 Å². The summed E-state index contributed by atoms with van der Waals surface area (Å²) in [5.74, 6) is -3.43. The molecule has 74 valence electrons. The normalized spacial score (nSPS) is 11.8. The number of rotatable bonds is 3. The Kier molecular flexibility index (Phi) is 2.46. The van der Waals surface area contributed by atoms with Crippen molar-refractivity contribution in [2.75, 3.05) is 25.5 Å². The van der Waals surface area contributed by atoms with Crippen LogP contribution in [0, 0.1) is 0 Å². The van der Waals surface area contributed by atoms with Crippen molar-refractivity contribution >= 4 is 5.95 Å². The molecule has 1 aromatic rings. The largest absolute Gasteiger partial charge is 0.346 e. The fraction of sp³-hybridized carbons (Fsp3) is 0.667. The van der Waals surface area contributed by atoms with Gasteiger partial charge in [-0.05, 0) is 0 Å². The van der Waals surface area contributed by atoms with E-state index in [0.29, 0.717) is 0 Å². The molecule has 3 N–H and O–H groups in total. The third-order valence-electron chi connectivity index (χ3n) is 1.48. The average molecular weight is 191 g/mol. The molecule has 5 nitrogen and oxygen atoms in total. The molecule has 0 aliphatic heterocycles. The number of hydrogen-bond acceptors (Lipinski definition) is 4. The lowest BCUT2D eigenvalue weighted by atomic mass is 10.3. The molecule has 7 heteroatoms. The molecular formula is C6H11F2N5. The summed E-state index contributed by atoms with van der Waals surface area (Å²) in [6.07, 6.45) is 0. The molecule has 0 atom stereocenters. The van der Waals surface area contributed by atoms with E-state index in [0.717, 1.165) is 0 Å². The molecule has 1 rings (SSSR count). The molecule has 1 heterocycles. The Morgan fingerprint density at radius 3 is 2.54 bits per heavy atom. The zero-order chi connectivity index (χ0) is 10.1. The number of hydrogen-bond donors (Lipinski definition) is 2. The second-order valence-corrected chi connectivity index (χ2v) is 2.79. The monoisotopic (exact) mass is 191 g/mol. The summed E-state index contributed by atoms with van der Waals surface area (Å²) < 4.78 is 25.8. The van der Waals surface area contributed by atoms with E-state index in [-0.39, 0.29) is 5.95 Å². The second kappa shape index (κ2) is 3.25. The van der Waals surface area contributed by atoms with E-state index in [1.54, 1.807) is 14.1 Å². The van der Waals surface area contributed by atoms with Gasteiger partial charge in [0, 0.05) is 14.1 Å². The van der Waals surface area contributed by atoms with E-state index in [1.807, 2.05) is 0 Å². The number of H-pyrrole nitrogens is 1. The molecule has 0 aliphatic carbocycles. The van der Waals surface area contributed by atoms with Crippen LogP contribution in [0.2, 0.25) is 0 Å². The van der Waals surface area contributed by atoms with Crippen molar-refractivity contribution < 1.29 is 8.78 Å². The topological polar surface area (TPSA) is 70.8 Å². The van der Waals surface area contributed by atoms with Crippen LogP contribution in [0.3, 0.4) is 0 Å². The molecule has 0 saturated carbocycles. The van der Waals surface area contributed by atoms with Crippen molar-refractivity contribution in [1.82, 2.24) is 15.2 Å². The van der Waals surface area contributed by atoms with Gasteiger partial charge < -0.3 is 10.6 Å². The highest BCUT2D eigenvalue weighted by atomic mass is 19.3. The van der Waals surface area contributed by atoms with Crippen molar-refractivity contribution in [3.8, 4) is 0 Å². The molecule has 0 radical (unpaired) electrons. The number of aromatic nitrogens is 3. The van der Waals surface area contributed by atoms with Crippen LogP contribution >= 0.6 is 0 Å². The standard InChI is InChI=1S/C6H11F2N5/c1-13(2)5-10-4(11-12-5)6(7,8)3-9/h3,9H2,1-2H3,(H,10,11,12). The van der Waals surface area contributed by atoms with Gasteiger partial charge in [-0.2, -0.15) is 13.8 Å². The van der Waals surface area contributed by atoms with Gasteiger partial charge in [-0.25, -0.2) is 0 Å². The molecule has 0 aliphatic rings. The third kappa shape index (κ3) is 1.92. The molecule has 0 saturated heterocycles. The van der Waals surface area contributed by atoms with Crippen LogP contribution in [0.15, 0.2) is 0 Å². The van der Waals surface area contributed by atoms with E-state index in [2.05, 4.69) is 15.2 Å². The van der Waals surface area contributed by atoms with Gasteiger partial charge in [-0.1, -0.05) is 0 Å². The minimum Gasteiger partial charge on any atom is -0.346 e. The van der Waals surface area contributed by atoms with E-state index in [1.165, 1.54) is 4.90 Å². The Bertz CT molecular complexity index is 282. The van der Waals surface area contributed by atoms with Gasteiger partial charge in [-0.15, -0.1) is 5.10 Å². The Morgan fingerprint density at radius 2 is 2.15 bits per heavy atom. The number of nitrogens with one attached hydrogen (secondary N) is 1. The number of nitrogens with two attached hydrogens (primary N) is 1. The number of alkyl halides is 2. The van der Waals surface area contributed by atoms with Crippen LogP contribution in [0.25, 0.3) is 0 Å². The summed E-state index contributed by atoms with van der Waals surface area (Å²) in [6, 6.07) is 0. The Morgan fingerprint density at radius 1 is 1.54 bits per heavy atom. The fourth-order valence-electron chi connectivity index (χ4n) is 0.713. The Balaban J connectivity index is 2.91. The molecule has 0 bridgehead atoms. The highest BCUT2D eigenvalue weighted by molar-refractivity contribution is 5.25. The quantitative estimate of drug-likeness (QED) is 0.701. The van der Waals surface area contributed by atoms with Crippen molar-refractivity contribution in [3.05, 3.63) is 5.82 Å². The van der Waals surface area contributed by atoms with Crippen LogP contribution in [0.1, 0.15) is 5.82 Å².